The summed E-state index contributed by atoms with van der Waals surface area (Å²) in [6, 6.07) is 15.0. The number of nitro groups is 1. The zero-order valence-electron chi connectivity index (χ0n) is 15.8. The van der Waals surface area contributed by atoms with Crippen LogP contribution in [0.15, 0.2) is 54.6 Å². The molecule has 0 aliphatic heterocycles. The van der Waals surface area contributed by atoms with E-state index in [1.807, 2.05) is 48.9 Å². The molecule has 0 spiro atoms. The highest BCUT2D eigenvalue weighted by Gasteiger charge is 2.19. The summed E-state index contributed by atoms with van der Waals surface area (Å²) in [6.45, 7) is 5.53. The molecule has 2 aromatic carbocycles. The van der Waals surface area contributed by atoms with Crippen molar-refractivity contribution in [2.24, 2.45) is 0 Å². The Kier molecular flexibility index (Phi) is 5.39. The standard InChI is InChI=1S/C20H21N5O3/c1-13-19(15(3)24(23-13)17-9-5-4-6-10-17)21-14(2)20(26)22-16-8-7-11-18(12-16)25(27)28/h4-12,14,21H,1-3H3,(H,22,26). The molecule has 3 aromatic rings. The topological polar surface area (TPSA) is 102 Å². The van der Waals surface area contributed by atoms with Gasteiger partial charge < -0.3 is 10.6 Å². The summed E-state index contributed by atoms with van der Waals surface area (Å²) in [5.41, 5.74) is 3.68. The van der Waals surface area contributed by atoms with E-state index in [9.17, 15) is 14.9 Å². The summed E-state index contributed by atoms with van der Waals surface area (Å²) in [5.74, 6) is -0.299. The monoisotopic (exact) mass is 379 g/mol. The second-order valence-electron chi connectivity index (χ2n) is 6.46. The highest BCUT2D eigenvalue weighted by Crippen LogP contribution is 2.24. The summed E-state index contributed by atoms with van der Waals surface area (Å²) in [4.78, 5) is 22.9. The molecule has 28 heavy (non-hydrogen) atoms. The first-order chi connectivity index (χ1) is 13.4. The molecule has 1 aromatic heterocycles. The number of hydrogen-bond acceptors (Lipinski definition) is 5. The van der Waals surface area contributed by atoms with Crippen LogP contribution in [0.5, 0.6) is 0 Å². The van der Waals surface area contributed by atoms with Gasteiger partial charge in [0.05, 0.1) is 27.7 Å². The van der Waals surface area contributed by atoms with Gasteiger partial charge in [-0.1, -0.05) is 24.3 Å². The molecule has 1 amide bonds. The van der Waals surface area contributed by atoms with Crippen molar-refractivity contribution in [3.05, 3.63) is 76.1 Å². The number of para-hydroxylation sites is 1. The van der Waals surface area contributed by atoms with Crippen LogP contribution in [0.1, 0.15) is 18.3 Å². The second-order valence-corrected chi connectivity index (χ2v) is 6.46. The van der Waals surface area contributed by atoms with Crippen molar-refractivity contribution in [2.45, 2.75) is 26.8 Å². The quantitative estimate of drug-likeness (QED) is 0.500. The molecule has 0 saturated carbocycles. The number of aryl methyl sites for hydroxylation is 1. The van der Waals surface area contributed by atoms with Gasteiger partial charge in [0.2, 0.25) is 5.91 Å². The number of nitrogens with one attached hydrogen (secondary N) is 2. The maximum Gasteiger partial charge on any atom is 0.271 e. The zero-order valence-corrected chi connectivity index (χ0v) is 15.8. The molecular weight excluding hydrogens is 358 g/mol. The number of carbonyl (C=O) groups is 1. The SMILES string of the molecule is Cc1nn(-c2ccccc2)c(C)c1NC(C)C(=O)Nc1cccc([N+](=O)[O-])c1. The zero-order chi connectivity index (χ0) is 20.3. The molecule has 0 fully saturated rings. The average molecular weight is 379 g/mol. The number of benzene rings is 2. The largest absolute Gasteiger partial charge is 0.371 e. The van der Waals surface area contributed by atoms with Crippen molar-refractivity contribution in [1.29, 1.82) is 0 Å². The minimum atomic E-state index is -0.565. The fourth-order valence-corrected chi connectivity index (χ4v) is 2.90. The fourth-order valence-electron chi connectivity index (χ4n) is 2.90. The molecule has 0 aliphatic carbocycles. The Labute approximate surface area is 162 Å². The summed E-state index contributed by atoms with van der Waals surface area (Å²) in [7, 11) is 0. The van der Waals surface area contributed by atoms with Gasteiger partial charge in [0.1, 0.15) is 6.04 Å². The summed E-state index contributed by atoms with van der Waals surface area (Å²) < 4.78 is 1.82. The van der Waals surface area contributed by atoms with Crippen molar-refractivity contribution >= 4 is 23.0 Å². The number of aromatic nitrogens is 2. The van der Waals surface area contributed by atoms with Crippen LogP contribution in [0.4, 0.5) is 17.1 Å². The predicted octanol–water partition coefficient (Wildman–Crippen LogP) is 3.84. The van der Waals surface area contributed by atoms with Crippen molar-refractivity contribution in [2.75, 3.05) is 10.6 Å². The van der Waals surface area contributed by atoms with Crippen LogP contribution in [0.25, 0.3) is 5.69 Å². The molecule has 1 heterocycles. The molecule has 0 saturated heterocycles. The number of anilines is 2. The third kappa shape index (κ3) is 4.01. The van der Waals surface area contributed by atoms with Gasteiger partial charge >= 0.3 is 0 Å². The lowest BCUT2D eigenvalue weighted by Crippen LogP contribution is -2.32. The van der Waals surface area contributed by atoms with Gasteiger partial charge in [0, 0.05) is 17.8 Å². The van der Waals surface area contributed by atoms with E-state index in [1.165, 1.54) is 18.2 Å². The lowest BCUT2D eigenvalue weighted by Gasteiger charge is -2.16. The normalized spacial score (nSPS) is 11.7. The van der Waals surface area contributed by atoms with Crippen LogP contribution in [0, 0.1) is 24.0 Å². The van der Waals surface area contributed by atoms with E-state index in [0.29, 0.717) is 5.69 Å². The van der Waals surface area contributed by atoms with Crippen LogP contribution in [-0.4, -0.2) is 26.7 Å². The third-order valence-electron chi connectivity index (χ3n) is 4.37. The molecule has 0 bridgehead atoms. The number of nitrogens with zero attached hydrogens (tertiary/aromatic N) is 3. The molecule has 8 heteroatoms. The van der Waals surface area contributed by atoms with Gasteiger partial charge in [-0.2, -0.15) is 5.10 Å². The molecule has 1 unspecified atom stereocenters. The number of non-ortho nitro benzene ring substituents is 1. The number of rotatable bonds is 6. The van der Waals surface area contributed by atoms with E-state index >= 15 is 0 Å². The predicted molar refractivity (Wildman–Crippen MR) is 108 cm³/mol. The van der Waals surface area contributed by atoms with Gasteiger partial charge in [-0.3, -0.25) is 14.9 Å². The smallest absolute Gasteiger partial charge is 0.271 e. The van der Waals surface area contributed by atoms with Gasteiger partial charge in [0.15, 0.2) is 0 Å². The molecule has 8 nitrogen and oxygen atoms in total. The Morgan fingerprint density at radius 2 is 1.86 bits per heavy atom. The maximum atomic E-state index is 12.5. The Bertz CT molecular complexity index is 1010. The first-order valence-corrected chi connectivity index (χ1v) is 8.80. The van der Waals surface area contributed by atoms with Gasteiger partial charge in [-0.15, -0.1) is 0 Å². The van der Waals surface area contributed by atoms with Gasteiger partial charge in [0.25, 0.3) is 5.69 Å². The number of carbonyl (C=O) groups excluding carboxylic acids is 1. The highest BCUT2D eigenvalue weighted by molar-refractivity contribution is 5.96. The maximum absolute atomic E-state index is 12.5. The van der Waals surface area contributed by atoms with Crippen LogP contribution in [0.2, 0.25) is 0 Å². The molecular formula is C20H21N5O3. The Morgan fingerprint density at radius 1 is 1.14 bits per heavy atom. The molecule has 0 radical (unpaired) electrons. The van der Waals surface area contributed by atoms with Crippen molar-refractivity contribution in [1.82, 2.24) is 9.78 Å². The second kappa shape index (κ2) is 7.91. The molecule has 0 aliphatic rings. The van der Waals surface area contributed by atoms with Crippen molar-refractivity contribution in [3.8, 4) is 5.69 Å². The van der Waals surface area contributed by atoms with Gasteiger partial charge in [-0.25, -0.2) is 4.68 Å². The van der Waals surface area contributed by atoms with Gasteiger partial charge in [-0.05, 0) is 39.0 Å². The Hall–Kier alpha value is -3.68. The first kappa shape index (κ1) is 19.1. The Morgan fingerprint density at radius 3 is 2.54 bits per heavy atom. The molecule has 144 valence electrons. The lowest BCUT2D eigenvalue weighted by molar-refractivity contribution is -0.384. The number of nitro benzene ring substituents is 1. The van der Waals surface area contributed by atoms with Crippen LogP contribution in [-0.2, 0) is 4.79 Å². The lowest BCUT2D eigenvalue weighted by atomic mass is 10.2. The highest BCUT2D eigenvalue weighted by atomic mass is 16.6. The third-order valence-corrected chi connectivity index (χ3v) is 4.37. The molecule has 2 N–H and O–H groups in total. The van der Waals surface area contributed by atoms with Crippen LogP contribution in [0.3, 0.4) is 0 Å². The van der Waals surface area contributed by atoms with E-state index in [4.69, 9.17) is 0 Å². The number of amides is 1. The average Bonchev–Trinajstić information content (AvgIpc) is 2.97. The molecule has 3 rings (SSSR count). The van der Waals surface area contributed by atoms with E-state index < -0.39 is 11.0 Å². The van der Waals surface area contributed by atoms with Crippen molar-refractivity contribution < 1.29 is 9.72 Å². The first-order valence-electron chi connectivity index (χ1n) is 8.80. The summed E-state index contributed by atoms with van der Waals surface area (Å²) >= 11 is 0. The fraction of sp³-hybridized carbons (Fsp3) is 0.200. The van der Waals surface area contributed by atoms with Crippen LogP contribution < -0.4 is 10.6 Å². The summed E-state index contributed by atoms with van der Waals surface area (Å²) in [6.07, 6.45) is 0. The van der Waals surface area contributed by atoms with E-state index in [0.717, 1.165) is 22.8 Å². The minimum absolute atomic E-state index is 0.0748. The Balaban J connectivity index is 1.75. The van der Waals surface area contributed by atoms with Crippen LogP contribution >= 0.6 is 0 Å². The number of hydrogen-bond donors (Lipinski definition) is 2. The van der Waals surface area contributed by atoms with E-state index in [2.05, 4.69) is 15.7 Å². The van der Waals surface area contributed by atoms with E-state index in [-0.39, 0.29) is 11.6 Å². The minimum Gasteiger partial charge on any atom is -0.371 e. The summed E-state index contributed by atoms with van der Waals surface area (Å²) in [5, 5.41) is 21.3. The van der Waals surface area contributed by atoms with Crippen molar-refractivity contribution in [3.63, 3.8) is 0 Å². The molecule has 1 atom stereocenters. The van der Waals surface area contributed by atoms with E-state index in [1.54, 1.807) is 13.0 Å².